The summed E-state index contributed by atoms with van der Waals surface area (Å²) in [6, 6.07) is 3.51. The molecule has 0 aromatic carbocycles. The highest BCUT2D eigenvalue weighted by atomic mass is 16.3. The summed E-state index contributed by atoms with van der Waals surface area (Å²) in [4.78, 5) is 15.6. The van der Waals surface area contributed by atoms with E-state index in [0.29, 0.717) is 18.4 Å². The van der Waals surface area contributed by atoms with E-state index in [0.717, 1.165) is 12.8 Å². The van der Waals surface area contributed by atoms with Crippen molar-refractivity contribution in [1.29, 1.82) is 0 Å². The number of hydrogen-bond acceptors (Lipinski definition) is 3. The van der Waals surface area contributed by atoms with E-state index in [2.05, 4.69) is 4.98 Å². The first-order chi connectivity index (χ1) is 6.73. The number of aliphatic hydroxyl groups is 1. The van der Waals surface area contributed by atoms with Gasteiger partial charge in [0.15, 0.2) is 5.78 Å². The highest BCUT2D eigenvalue weighted by Gasteiger charge is 2.39. The topological polar surface area (TPSA) is 50.2 Å². The van der Waals surface area contributed by atoms with E-state index in [4.69, 9.17) is 0 Å². The lowest BCUT2D eigenvalue weighted by Crippen LogP contribution is -2.38. The predicted octanol–water partition coefficient (Wildman–Crippen LogP) is 1.41. The smallest absolute Gasteiger partial charge is 0.168 e. The summed E-state index contributed by atoms with van der Waals surface area (Å²) in [6.45, 7) is 0. The second kappa shape index (κ2) is 3.50. The molecule has 0 aliphatic heterocycles. The average molecular weight is 191 g/mol. The fourth-order valence-corrected chi connectivity index (χ4v) is 1.93. The summed E-state index contributed by atoms with van der Waals surface area (Å²) in [5.74, 6) is -0.0725. The molecule has 74 valence electrons. The minimum Gasteiger partial charge on any atom is -0.377 e. The first kappa shape index (κ1) is 9.34. The second-order valence-corrected chi connectivity index (χ2v) is 3.73. The van der Waals surface area contributed by atoms with Gasteiger partial charge >= 0.3 is 0 Å². The highest BCUT2D eigenvalue weighted by Crippen LogP contribution is 2.33. The molecule has 1 atom stereocenters. The van der Waals surface area contributed by atoms with E-state index in [1.54, 1.807) is 24.5 Å². The summed E-state index contributed by atoms with van der Waals surface area (Å²) in [5.41, 5.74) is -0.642. The molecule has 0 spiro atoms. The van der Waals surface area contributed by atoms with Crippen molar-refractivity contribution >= 4 is 5.78 Å². The van der Waals surface area contributed by atoms with Gasteiger partial charge in [-0.15, -0.1) is 0 Å². The number of hydrogen-bond donors (Lipinski definition) is 1. The Morgan fingerprint density at radius 3 is 2.93 bits per heavy atom. The third kappa shape index (κ3) is 1.44. The molecule has 0 unspecified atom stereocenters. The summed E-state index contributed by atoms with van der Waals surface area (Å²) >= 11 is 0. The van der Waals surface area contributed by atoms with Crippen LogP contribution in [0.1, 0.15) is 31.2 Å². The monoisotopic (exact) mass is 191 g/mol. The molecule has 1 aromatic heterocycles. The molecule has 3 nitrogen and oxygen atoms in total. The van der Waals surface area contributed by atoms with Crippen LogP contribution in [0.5, 0.6) is 0 Å². The van der Waals surface area contributed by atoms with Crippen LogP contribution in [0.3, 0.4) is 0 Å². The van der Waals surface area contributed by atoms with Crippen molar-refractivity contribution in [2.75, 3.05) is 0 Å². The van der Waals surface area contributed by atoms with Crippen molar-refractivity contribution in [2.24, 2.45) is 0 Å². The third-order valence-electron chi connectivity index (χ3n) is 2.79. The molecule has 0 radical (unpaired) electrons. The molecular formula is C11H13NO2. The van der Waals surface area contributed by atoms with Crippen molar-refractivity contribution in [3.8, 4) is 0 Å². The van der Waals surface area contributed by atoms with Gasteiger partial charge in [0, 0.05) is 24.4 Å². The molecule has 0 bridgehead atoms. The van der Waals surface area contributed by atoms with E-state index in [1.165, 1.54) is 0 Å². The van der Waals surface area contributed by atoms with Gasteiger partial charge in [0.05, 0.1) is 0 Å². The zero-order valence-corrected chi connectivity index (χ0v) is 7.94. The van der Waals surface area contributed by atoms with Crippen LogP contribution in [0.2, 0.25) is 0 Å². The highest BCUT2D eigenvalue weighted by molar-refractivity contribution is 5.88. The van der Waals surface area contributed by atoms with Crippen LogP contribution < -0.4 is 0 Å². The minimum absolute atomic E-state index is 0.0725. The molecule has 0 saturated heterocycles. The Hall–Kier alpha value is -1.22. The molecule has 1 N–H and O–H groups in total. The lowest BCUT2D eigenvalue weighted by Gasteiger charge is -2.30. The molecule has 3 heteroatoms. The molecule has 1 aliphatic rings. The zero-order valence-electron chi connectivity index (χ0n) is 7.94. The predicted molar refractivity (Wildman–Crippen MR) is 51.6 cm³/mol. The van der Waals surface area contributed by atoms with Crippen LogP contribution in [0, 0.1) is 0 Å². The minimum atomic E-state index is -1.27. The van der Waals surface area contributed by atoms with E-state index < -0.39 is 5.60 Å². The Labute approximate surface area is 82.8 Å². The number of nitrogens with zero attached hydrogens (tertiary/aromatic N) is 1. The van der Waals surface area contributed by atoms with Crippen LogP contribution >= 0.6 is 0 Å². The Balaban J connectivity index is 2.35. The number of Topliss-reactive ketones (excluding diaryl/α,β-unsaturated/α-hetero) is 1. The molecule has 1 heterocycles. The maximum absolute atomic E-state index is 11.6. The molecule has 2 rings (SSSR count). The van der Waals surface area contributed by atoms with Crippen molar-refractivity contribution in [1.82, 2.24) is 4.98 Å². The lowest BCUT2D eigenvalue weighted by molar-refractivity contribution is -0.142. The fraction of sp³-hybridized carbons (Fsp3) is 0.455. The van der Waals surface area contributed by atoms with E-state index >= 15 is 0 Å². The van der Waals surface area contributed by atoms with Gasteiger partial charge in [-0.05, 0) is 25.3 Å². The number of carbonyl (C=O) groups is 1. The first-order valence-electron chi connectivity index (χ1n) is 4.90. The molecule has 0 amide bonds. The van der Waals surface area contributed by atoms with Gasteiger partial charge in [-0.25, -0.2) is 0 Å². The molecular weight excluding hydrogens is 178 g/mol. The van der Waals surface area contributed by atoms with Crippen molar-refractivity contribution < 1.29 is 9.90 Å². The lowest BCUT2D eigenvalue weighted by atomic mass is 9.79. The van der Waals surface area contributed by atoms with Crippen molar-refractivity contribution in [2.45, 2.75) is 31.3 Å². The molecule has 1 aromatic rings. The second-order valence-electron chi connectivity index (χ2n) is 3.73. The molecule has 14 heavy (non-hydrogen) atoms. The quantitative estimate of drug-likeness (QED) is 0.730. The average Bonchev–Trinajstić information content (AvgIpc) is 2.24. The fourth-order valence-electron chi connectivity index (χ4n) is 1.93. The SMILES string of the molecule is O=C1CCCC[C@@]1(O)c1cccnc1. The normalized spacial score (nSPS) is 27.6. The van der Waals surface area contributed by atoms with E-state index in [1.807, 2.05) is 0 Å². The van der Waals surface area contributed by atoms with Crippen LogP contribution in [0.25, 0.3) is 0 Å². The standard InChI is InChI=1S/C11H13NO2/c13-10-5-1-2-6-11(10,14)9-4-3-7-12-8-9/h3-4,7-8,14H,1-2,5-6H2/t11-/m1/s1. The summed E-state index contributed by atoms with van der Waals surface area (Å²) < 4.78 is 0. The van der Waals surface area contributed by atoms with Gasteiger partial charge < -0.3 is 5.11 Å². The molecule has 1 aliphatic carbocycles. The van der Waals surface area contributed by atoms with Crippen LogP contribution in [0.15, 0.2) is 24.5 Å². The van der Waals surface area contributed by atoms with Crippen LogP contribution in [-0.4, -0.2) is 15.9 Å². The maximum atomic E-state index is 11.6. The first-order valence-corrected chi connectivity index (χ1v) is 4.90. The Morgan fingerprint density at radius 2 is 2.29 bits per heavy atom. The van der Waals surface area contributed by atoms with Gasteiger partial charge in [-0.1, -0.05) is 6.07 Å². The number of ketones is 1. The summed E-state index contributed by atoms with van der Waals surface area (Å²) in [6.07, 6.45) is 6.00. The van der Waals surface area contributed by atoms with Crippen LogP contribution in [0.4, 0.5) is 0 Å². The third-order valence-corrected chi connectivity index (χ3v) is 2.79. The Morgan fingerprint density at radius 1 is 1.43 bits per heavy atom. The van der Waals surface area contributed by atoms with E-state index in [-0.39, 0.29) is 5.78 Å². The number of carbonyl (C=O) groups excluding carboxylic acids is 1. The Kier molecular flexibility index (Phi) is 2.33. The van der Waals surface area contributed by atoms with E-state index in [9.17, 15) is 9.90 Å². The van der Waals surface area contributed by atoms with Crippen molar-refractivity contribution in [3.63, 3.8) is 0 Å². The molecule has 1 saturated carbocycles. The number of aromatic nitrogens is 1. The maximum Gasteiger partial charge on any atom is 0.168 e. The van der Waals surface area contributed by atoms with Gasteiger partial charge in [0.25, 0.3) is 0 Å². The summed E-state index contributed by atoms with van der Waals surface area (Å²) in [5, 5.41) is 10.2. The molecule has 1 fully saturated rings. The van der Waals surface area contributed by atoms with Crippen molar-refractivity contribution in [3.05, 3.63) is 30.1 Å². The number of rotatable bonds is 1. The van der Waals surface area contributed by atoms with Gasteiger partial charge in [0.1, 0.15) is 5.60 Å². The van der Waals surface area contributed by atoms with Gasteiger partial charge in [0.2, 0.25) is 0 Å². The van der Waals surface area contributed by atoms with Gasteiger partial charge in [-0.3, -0.25) is 9.78 Å². The largest absolute Gasteiger partial charge is 0.377 e. The zero-order chi connectivity index (χ0) is 10.0. The van der Waals surface area contributed by atoms with Crippen LogP contribution in [-0.2, 0) is 10.4 Å². The number of pyridine rings is 1. The van der Waals surface area contributed by atoms with Gasteiger partial charge in [-0.2, -0.15) is 0 Å². The summed E-state index contributed by atoms with van der Waals surface area (Å²) in [7, 11) is 0. The Bertz CT molecular complexity index is 336.